The Balaban J connectivity index is 2.58. The van der Waals surface area contributed by atoms with E-state index >= 15 is 0 Å². The number of benzene rings is 1. The van der Waals surface area contributed by atoms with Crippen LogP contribution in [0.1, 0.15) is 51.2 Å². The molecule has 0 aliphatic carbocycles. The van der Waals surface area contributed by atoms with Gasteiger partial charge in [0, 0.05) is 12.1 Å². The summed E-state index contributed by atoms with van der Waals surface area (Å²) in [5.41, 5.74) is 3.59. The molecule has 0 unspecified atom stereocenters. The van der Waals surface area contributed by atoms with Crippen LogP contribution in [0.25, 0.3) is 10.2 Å². The van der Waals surface area contributed by atoms with Crippen molar-refractivity contribution in [2.75, 3.05) is 18.5 Å². The van der Waals surface area contributed by atoms with Crippen molar-refractivity contribution in [2.45, 2.75) is 47.0 Å². The van der Waals surface area contributed by atoms with Crippen molar-refractivity contribution in [2.24, 2.45) is 0 Å². The third-order valence-corrected chi connectivity index (χ3v) is 4.31. The molecule has 1 aromatic carbocycles. The molecule has 0 aliphatic rings. The lowest BCUT2D eigenvalue weighted by Gasteiger charge is -2.15. The molecule has 0 atom stereocenters. The van der Waals surface area contributed by atoms with Crippen LogP contribution in [0.2, 0.25) is 0 Å². The smallest absolute Gasteiger partial charge is 0.183 e. The molecule has 1 N–H and O–H groups in total. The summed E-state index contributed by atoms with van der Waals surface area (Å²) in [6.45, 7) is 12.4. The van der Waals surface area contributed by atoms with Gasteiger partial charge in [0.15, 0.2) is 5.13 Å². The van der Waals surface area contributed by atoms with E-state index in [1.54, 1.807) is 11.3 Å². The second-order valence-corrected chi connectivity index (χ2v) is 6.32. The van der Waals surface area contributed by atoms with Gasteiger partial charge in [-0.3, -0.25) is 0 Å². The Morgan fingerprint density at radius 2 is 2.10 bits per heavy atom. The summed E-state index contributed by atoms with van der Waals surface area (Å²) in [6, 6.07) is 2.13. The highest BCUT2D eigenvalue weighted by atomic mass is 32.1. The number of rotatable bonds is 6. The number of anilines is 1. The van der Waals surface area contributed by atoms with E-state index in [0.29, 0.717) is 12.5 Å². The molecule has 0 aliphatic heterocycles. The number of aromatic nitrogens is 1. The lowest BCUT2D eigenvalue weighted by molar-refractivity contribution is 0.336. The predicted molar refractivity (Wildman–Crippen MR) is 88.4 cm³/mol. The minimum atomic E-state index is 0.430. The molecule has 3 nitrogen and oxygen atoms in total. The molecular formula is C16H24N2OS. The van der Waals surface area contributed by atoms with Gasteiger partial charge in [0.2, 0.25) is 0 Å². The van der Waals surface area contributed by atoms with Crippen molar-refractivity contribution in [1.29, 1.82) is 0 Å². The maximum absolute atomic E-state index is 5.84. The summed E-state index contributed by atoms with van der Waals surface area (Å²) in [5, 5.41) is 4.41. The summed E-state index contributed by atoms with van der Waals surface area (Å²) in [7, 11) is 0. The highest BCUT2D eigenvalue weighted by Gasteiger charge is 2.18. The zero-order chi connectivity index (χ0) is 14.7. The number of ether oxygens (including phenoxy) is 1. The van der Waals surface area contributed by atoms with E-state index in [1.165, 1.54) is 15.8 Å². The molecule has 0 radical (unpaired) electrons. The molecular weight excluding hydrogens is 268 g/mol. The molecule has 0 fully saturated rings. The van der Waals surface area contributed by atoms with Crippen LogP contribution in [0.15, 0.2) is 6.07 Å². The number of fused-ring (bicyclic) bond motifs is 1. The van der Waals surface area contributed by atoms with Crippen molar-refractivity contribution in [3.05, 3.63) is 17.2 Å². The SMILES string of the molecule is CCCNc1nc2c(C)cc(OCC)c(C(C)C)c2s1. The number of nitrogens with zero attached hydrogens (tertiary/aromatic N) is 1. The summed E-state index contributed by atoms with van der Waals surface area (Å²) in [5.74, 6) is 1.44. The number of thiazole rings is 1. The van der Waals surface area contributed by atoms with Crippen LogP contribution in [0.5, 0.6) is 5.75 Å². The van der Waals surface area contributed by atoms with Crippen molar-refractivity contribution >= 4 is 26.7 Å². The first kappa shape index (κ1) is 15.1. The van der Waals surface area contributed by atoms with E-state index in [1.807, 2.05) is 6.92 Å². The van der Waals surface area contributed by atoms with Gasteiger partial charge < -0.3 is 10.1 Å². The standard InChI is InChI=1S/C16H24N2OS/c1-6-8-17-16-18-14-11(5)9-12(19-7-2)13(10(3)4)15(14)20-16/h9-10H,6-8H2,1-5H3,(H,17,18). The van der Waals surface area contributed by atoms with Crippen LogP contribution in [0.3, 0.4) is 0 Å². The molecule has 0 saturated carbocycles. The predicted octanol–water partition coefficient (Wildman–Crippen LogP) is 4.95. The molecule has 2 aromatic rings. The molecule has 20 heavy (non-hydrogen) atoms. The lowest BCUT2D eigenvalue weighted by atomic mass is 9.99. The topological polar surface area (TPSA) is 34.2 Å². The van der Waals surface area contributed by atoms with Crippen LogP contribution >= 0.6 is 11.3 Å². The fourth-order valence-corrected chi connectivity index (χ4v) is 3.61. The highest BCUT2D eigenvalue weighted by molar-refractivity contribution is 7.22. The normalized spacial score (nSPS) is 11.3. The Bertz CT molecular complexity index is 590. The Morgan fingerprint density at radius 1 is 1.35 bits per heavy atom. The first-order valence-corrected chi connectivity index (χ1v) is 8.20. The van der Waals surface area contributed by atoms with Crippen LogP contribution in [0, 0.1) is 6.92 Å². The second kappa shape index (κ2) is 6.44. The molecule has 0 bridgehead atoms. The lowest BCUT2D eigenvalue weighted by Crippen LogP contribution is -1.99. The molecule has 2 rings (SSSR count). The van der Waals surface area contributed by atoms with Gasteiger partial charge in [-0.1, -0.05) is 32.1 Å². The van der Waals surface area contributed by atoms with Gasteiger partial charge >= 0.3 is 0 Å². The Labute approximate surface area is 125 Å². The van der Waals surface area contributed by atoms with Crippen LogP contribution in [-0.2, 0) is 0 Å². The number of nitrogens with one attached hydrogen (secondary N) is 1. The van der Waals surface area contributed by atoms with Gasteiger partial charge in [-0.25, -0.2) is 4.98 Å². The van der Waals surface area contributed by atoms with Gasteiger partial charge in [0.05, 0.1) is 16.8 Å². The number of hydrogen-bond donors (Lipinski definition) is 1. The molecule has 1 heterocycles. The Morgan fingerprint density at radius 3 is 2.70 bits per heavy atom. The number of hydrogen-bond acceptors (Lipinski definition) is 4. The zero-order valence-electron chi connectivity index (χ0n) is 13.0. The monoisotopic (exact) mass is 292 g/mol. The largest absolute Gasteiger partial charge is 0.494 e. The first-order chi connectivity index (χ1) is 9.58. The summed E-state index contributed by atoms with van der Waals surface area (Å²) < 4.78 is 7.10. The van der Waals surface area contributed by atoms with Gasteiger partial charge in [-0.15, -0.1) is 0 Å². The van der Waals surface area contributed by atoms with E-state index in [9.17, 15) is 0 Å². The van der Waals surface area contributed by atoms with E-state index in [2.05, 4.69) is 39.1 Å². The van der Waals surface area contributed by atoms with Crippen molar-refractivity contribution in [3.63, 3.8) is 0 Å². The second-order valence-electron chi connectivity index (χ2n) is 5.32. The average Bonchev–Trinajstić information content (AvgIpc) is 2.80. The molecule has 0 saturated heterocycles. The maximum Gasteiger partial charge on any atom is 0.183 e. The molecule has 4 heteroatoms. The fourth-order valence-electron chi connectivity index (χ4n) is 2.35. The molecule has 0 spiro atoms. The highest BCUT2D eigenvalue weighted by Crippen LogP contribution is 2.40. The summed E-state index contributed by atoms with van der Waals surface area (Å²) >= 11 is 1.74. The van der Waals surface area contributed by atoms with Crippen molar-refractivity contribution in [3.8, 4) is 5.75 Å². The summed E-state index contributed by atoms with van der Waals surface area (Å²) in [4.78, 5) is 4.75. The molecule has 1 aromatic heterocycles. The van der Waals surface area contributed by atoms with Crippen LogP contribution in [-0.4, -0.2) is 18.1 Å². The van der Waals surface area contributed by atoms with Gasteiger partial charge in [0.1, 0.15) is 5.75 Å². The minimum Gasteiger partial charge on any atom is -0.494 e. The van der Waals surface area contributed by atoms with Crippen LogP contribution < -0.4 is 10.1 Å². The van der Waals surface area contributed by atoms with Gasteiger partial charge in [-0.2, -0.15) is 0 Å². The minimum absolute atomic E-state index is 0.430. The maximum atomic E-state index is 5.84. The van der Waals surface area contributed by atoms with Crippen molar-refractivity contribution < 1.29 is 4.74 Å². The molecule has 0 amide bonds. The van der Waals surface area contributed by atoms with E-state index in [-0.39, 0.29) is 0 Å². The van der Waals surface area contributed by atoms with Gasteiger partial charge in [-0.05, 0) is 37.8 Å². The fraction of sp³-hybridized carbons (Fsp3) is 0.562. The quantitative estimate of drug-likeness (QED) is 0.818. The zero-order valence-corrected chi connectivity index (χ0v) is 13.9. The third kappa shape index (κ3) is 2.90. The van der Waals surface area contributed by atoms with Crippen molar-refractivity contribution in [1.82, 2.24) is 4.98 Å². The summed E-state index contributed by atoms with van der Waals surface area (Å²) in [6.07, 6.45) is 1.11. The van der Waals surface area contributed by atoms with E-state index in [0.717, 1.165) is 29.4 Å². The van der Waals surface area contributed by atoms with E-state index < -0.39 is 0 Å². The Hall–Kier alpha value is -1.29. The van der Waals surface area contributed by atoms with Crippen LogP contribution in [0.4, 0.5) is 5.13 Å². The molecule has 110 valence electrons. The van der Waals surface area contributed by atoms with Gasteiger partial charge in [0.25, 0.3) is 0 Å². The number of aryl methyl sites for hydroxylation is 1. The Kier molecular flexibility index (Phi) is 4.86. The average molecular weight is 292 g/mol. The van der Waals surface area contributed by atoms with E-state index in [4.69, 9.17) is 9.72 Å². The first-order valence-electron chi connectivity index (χ1n) is 7.39. The third-order valence-electron chi connectivity index (χ3n) is 3.26.